The summed E-state index contributed by atoms with van der Waals surface area (Å²) in [7, 11) is -3.50. The van der Waals surface area contributed by atoms with E-state index in [1.807, 2.05) is 0 Å². The number of nitrogens with zero attached hydrogens (tertiary/aromatic N) is 1. The van der Waals surface area contributed by atoms with E-state index in [1.54, 1.807) is 0 Å². The van der Waals surface area contributed by atoms with Crippen molar-refractivity contribution in [1.82, 2.24) is 9.29 Å². The van der Waals surface area contributed by atoms with E-state index in [-0.39, 0.29) is 11.1 Å². The summed E-state index contributed by atoms with van der Waals surface area (Å²) in [6.45, 7) is -0.992. The fourth-order valence-electron chi connectivity index (χ4n) is 2.98. The molecule has 2 heterocycles. The maximum atomic E-state index is 14.2. The molecule has 26 heavy (non-hydrogen) atoms. The molecule has 0 unspecified atom stereocenters. The van der Waals surface area contributed by atoms with Crippen LogP contribution in [0.5, 0.6) is 0 Å². The molecule has 2 aromatic rings. The molecule has 1 aliphatic rings. The van der Waals surface area contributed by atoms with Crippen LogP contribution in [0.4, 0.5) is 17.6 Å². The van der Waals surface area contributed by atoms with E-state index in [0.29, 0.717) is 0 Å². The third-order valence-electron chi connectivity index (χ3n) is 4.53. The number of sulfonamides is 1. The highest BCUT2D eigenvalue weighted by molar-refractivity contribution is 7.89. The van der Waals surface area contributed by atoms with Crippen molar-refractivity contribution < 1.29 is 35.1 Å². The normalized spacial score (nSPS) is 19.1. The average Bonchev–Trinajstić information content (AvgIpc) is 2.91. The summed E-state index contributed by atoms with van der Waals surface area (Å²) in [6.07, 6.45) is -5.89. The number of fused-ring (bicyclic) bond motifs is 1. The van der Waals surface area contributed by atoms with Gasteiger partial charge in [0.15, 0.2) is 11.2 Å². The Morgan fingerprint density at radius 3 is 2.42 bits per heavy atom. The van der Waals surface area contributed by atoms with Crippen LogP contribution >= 0.6 is 0 Å². The lowest BCUT2D eigenvalue weighted by Gasteiger charge is -2.41. The van der Waals surface area contributed by atoms with Gasteiger partial charge in [-0.1, -0.05) is 0 Å². The molecule has 144 valence electrons. The maximum absolute atomic E-state index is 14.2. The van der Waals surface area contributed by atoms with Crippen molar-refractivity contribution >= 4 is 21.1 Å². The molecule has 0 radical (unpaired) electrons. The predicted molar refractivity (Wildman–Crippen MR) is 80.6 cm³/mol. The minimum atomic E-state index is -4.66. The Labute approximate surface area is 144 Å². The van der Waals surface area contributed by atoms with Crippen molar-refractivity contribution in [3.63, 3.8) is 0 Å². The zero-order chi connectivity index (χ0) is 19.3. The molecular weight excluding hydrogens is 384 g/mol. The Balaban J connectivity index is 1.93. The molecule has 7 nitrogen and oxygen atoms in total. The molecule has 1 fully saturated rings. The average molecular weight is 398 g/mol. The molecule has 0 atom stereocenters. The molecule has 0 amide bonds. The number of piperidine rings is 1. The first kappa shape index (κ1) is 18.9. The number of halogens is 4. The fourth-order valence-corrected chi connectivity index (χ4v) is 4.48. The number of alkyl halides is 3. The molecule has 12 heteroatoms. The van der Waals surface area contributed by atoms with Crippen LogP contribution in [-0.2, 0) is 14.8 Å². The van der Waals surface area contributed by atoms with Gasteiger partial charge >= 0.3 is 11.9 Å². The van der Waals surface area contributed by atoms with Gasteiger partial charge in [-0.15, -0.1) is 0 Å². The third kappa shape index (κ3) is 2.91. The minimum absolute atomic E-state index is 0.0273. The van der Waals surface area contributed by atoms with Crippen LogP contribution < -0.4 is 5.76 Å². The molecule has 1 aliphatic heterocycles. The Morgan fingerprint density at radius 2 is 1.88 bits per heavy atom. The number of hydrogen-bond acceptors (Lipinski definition) is 5. The SMILES string of the molecule is COC1(C(F)(F)F)CCN(S(=O)(=O)c2cc3oc(=O)[nH]c3cc2F)CC1. The number of hydrogen-bond donors (Lipinski definition) is 1. The monoisotopic (exact) mass is 398 g/mol. The van der Waals surface area contributed by atoms with Gasteiger partial charge in [-0.05, 0) is 12.8 Å². The first-order valence-electron chi connectivity index (χ1n) is 7.44. The number of rotatable bonds is 3. The second-order valence-electron chi connectivity index (χ2n) is 5.89. The first-order valence-corrected chi connectivity index (χ1v) is 8.89. The summed E-state index contributed by atoms with van der Waals surface area (Å²) in [4.78, 5) is 12.5. The summed E-state index contributed by atoms with van der Waals surface area (Å²) in [6, 6.07) is 1.62. The fraction of sp³-hybridized carbons (Fsp3) is 0.500. The number of benzene rings is 1. The predicted octanol–water partition coefficient (Wildman–Crippen LogP) is 1.99. The van der Waals surface area contributed by atoms with Gasteiger partial charge < -0.3 is 9.15 Å². The van der Waals surface area contributed by atoms with Crippen molar-refractivity contribution in [2.24, 2.45) is 0 Å². The Hall–Kier alpha value is -1.92. The van der Waals surface area contributed by atoms with Crippen LogP contribution in [0.2, 0.25) is 0 Å². The molecule has 0 aliphatic carbocycles. The van der Waals surface area contributed by atoms with E-state index in [1.165, 1.54) is 0 Å². The lowest BCUT2D eigenvalue weighted by molar-refractivity contribution is -0.280. The van der Waals surface area contributed by atoms with Crippen molar-refractivity contribution in [1.29, 1.82) is 0 Å². The van der Waals surface area contributed by atoms with Gasteiger partial charge in [0.25, 0.3) is 0 Å². The second-order valence-corrected chi connectivity index (χ2v) is 7.80. The Kier molecular flexibility index (Phi) is 4.40. The molecule has 0 spiro atoms. The lowest BCUT2D eigenvalue weighted by Crippen LogP contribution is -2.55. The van der Waals surface area contributed by atoms with Crippen molar-refractivity contribution in [3.8, 4) is 0 Å². The number of oxazole rings is 1. The van der Waals surface area contributed by atoms with E-state index in [4.69, 9.17) is 4.42 Å². The quantitative estimate of drug-likeness (QED) is 0.799. The van der Waals surface area contributed by atoms with Gasteiger partial charge in [-0.25, -0.2) is 17.6 Å². The number of ether oxygens (including phenoxy) is 1. The van der Waals surface area contributed by atoms with Crippen LogP contribution in [-0.4, -0.2) is 49.7 Å². The topological polar surface area (TPSA) is 92.6 Å². The number of aromatic amines is 1. The van der Waals surface area contributed by atoms with Gasteiger partial charge in [-0.3, -0.25) is 4.98 Å². The van der Waals surface area contributed by atoms with E-state index < -0.39 is 64.2 Å². The zero-order valence-electron chi connectivity index (χ0n) is 13.4. The van der Waals surface area contributed by atoms with Crippen molar-refractivity contribution in [3.05, 3.63) is 28.5 Å². The van der Waals surface area contributed by atoms with Crippen LogP contribution in [0.3, 0.4) is 0 Å². The highest BCUT2D eigenvalue weighted by Gasteiger charge is 2.57. The minimum Gasteiger partial charge on any atom is -0.408 e. The molecule has 1 N–H and O–H groups in total. The number of nitrogens with one attached hydrogen (secondary N) is 1. The highest BCUT2D eigenvalue weighted by Crippen LogP contribution is 2.42. The standard InChI is InChI=1S/C14H14F4N2O5S/c1-24-13(14(16,17)18)2-4-20(5-3-13)26(22,23)11-7-10-9(6-8(11)15)19-12(21)25-10/h6-7H,2-5H2,1H3,(H,19,21). The molecule has 0 saturated carbocycles. The smallest absolute Gasteiger partial charge is 0.408 e. The summed E-state index contributed by atoms with van der Waals surface area (Å²) in [5.41, 5.74) is -2.64. The Bertz CT molecular complexity index is 987. The van der Waals surface area contributed by atoms with Crippen LogP contribution in [0.15, 0.2) is 26.2 Å². The number of H-pyrrole nitrogens is 1. The summed E-state index contributed by atoms with van der Waals surface area (Å²) in [5, 5.41) is 0. The summed E-state index contributed by atoms with van der Waals surface area (Å²) >= 11 is 0. The van der Waals surface area contributed by atoms with Crippen LogP contribution in [0.25, 0.3) is 11.1 Å². The van der Waals surface area contributed by atoms with Gasteiger partial charge in [-0.2, -0.15) is 17.5 Å². The summed E-state index contributed by atoms with van der Waals surface area (Å²) < 4.78 is 89.1. The van der Waals surface area contributed by atoms with Crippen LogP contribution in [0, 0.1) is 5.82 Å². The van der Waals surface area contributed by atoms with Gasteiger partial charge in [0.05, 0.1) is 5.52 Å². The molecule has 1 saturated heterocycles. The van der Waals surface area contributed by atoms with E-state index >= 15 is 0 Å². The highest BCUT2D eigenvalue weighted by atomic mass is 32.2. The molecular formula is C14H14F4N2O5S. The summed E-state index contributed by atoms with van der Waals surface area (Å²) in [5.74, 6) is -2.03. The van der Waals surface area contributed by atoms with E-state index in [0.717, 1.165) is 23.5 Å². The zero-order valence-corrected chi connectivity index (χ0v) is 14.2. The van der Waals surface area contributed by atoms with Gasteiger partial charge in [0, 0.05) is 32.3 Å². The van der Waals surface area contributed by atoms with Gasteiger partial charge in [0.2, 0.25) is 10.0 Å². The molecule has 3 rings (SSSR count). The Morgan fingerprint density at radius 1 is 1.27 bits per heavy atom. The van der Waals surface area contributed by atoms with Crippen molar-refractivity contribution in [2.75, 3.05) is 20.2 Å². The lowest BCUT2D eigenvalue weighted by atomic mass is 9.91. The van der Waals surface area contributed by atoms with Crippen molar-refractivity contribution in [2.45, 2.75) is 29.5 Å². The van der Waals surface area contributed by atoms with Crippen LogP contribution in [0.1, 0.15) is 12.8 Å². The van der Waals surface area contributed by atoms with Gasteiger partial charge in [0.1, 0.15) is 10.7 Å². The molecule has 0 bridgehead atoms. The number of aromatic nitrogens is 1. The largest absolute Gasteiger partial charge is 0.417 e. The molecule has 1 aromatic heterocycles. The van der Waals surface area contributed by atoms with E-state index in [9.17, 15) is 30.8 Å². The second kappa shape index (κ2) is 6.06. The maximum Gasteiger partial charge on any atom is 0.417 e. The third-order valence-corrected chi connectivity index (χ3v) is 6.44. The van der Waals surface area contributed by atoms with E-state index in [2.05, 4.69) is 9.72 Å². The number of methoxy groups -OCH3 is 1. The first-order chi connectivity index (χ1) is 12.0. The molecule has 1 aromatic carbocycles.